The third-order valence-electron chi connectivity index (χ3n) is 5.06. The van der Waals surface area contributed by atoms with Crippen molar-refractivity contribution in [3.63, 3.8) is 0 Å². The van der Waals surface area contributed by atoms with E-state index in [9.17, 15) is 13.2 Å². The molecule has 0 radical (unpaired) electrons. The van der Waals surface area contributed by atoms with Gasteiger partial charge in [0.05, 0.1) is 17.6 Å². The zero-order chi connectivity index (χ0) is 21.2. The first-order chi connectivity index (χ1) is 13.7. The first-order valence-corrected chi connectivity index (χ1v) is 10.7. The normalized spacial score (nSPS) is 17.7. The third-order valence-corrected chi connectivity index (χ3v) is 6.93. The van der Waals surface area contributed by atoms with Gasteiger partial charge in [0, 0.05) is 38.6 Å². The summed E-state index contributed by atoms with van der Waals surface area (Å²) in [6.07, 6.45) is 5.01. The van der Waals surface area contributed by atoms with Crippen molar-refractivity contribution in [2.45, 2.75) is 30.7 Å². The fraction of sp³-hybridized carbons (Fsp3) is 0.421. The lowest BCUT2D eigenvalue weighted by molar-refractivity contribution is 0.0997. The van der Waals surface area contributed by atoms with Gasteiger partial charge in [-0.3, -0.25) is 4.79 Å². The number of nitrogens with zero attached hydrogens (tertiary/aromatic N) is 4. The molecule has 2 heterocycles. The molecule has 0 aliphatic carbocycles. The van der Waals surface area contributed by atoms with Gasteiger partial charge in [-0.15, -0.1) is 0 Å². The standard InChI is InChI=1S/C19H25N5O4S/c1-13-10-21-19(22-11-13)23(2)14-5-4-8-24(12-14)29(26,27)15-6-7-17(28-3)16(9-15)18(20)25/h6-7,9-11,14H,4-5,8,12H2,1-3H3,(H2,20,25). The maximum atomic E-state index is 13.2. The number of sulfonamides is 1. The number of aromatic nitrogens is 2. The number of methoxy groups -OCH3 is 1. The highest BCUT2D eigenvalue weighted by Gasteiger charge is 2.33. The molecule has 1 saturated heterocycles. The van der Waals surface area contributed by atoms with E-state index in [2.05, 4.69) is 9.97 Å². The van der Waals surface area contributed by atoms with Crippen LogP contribution in [0.5, 0.6) is 5.75 Å². The van der Waals surface area contributed by atoms with E-state index in [1.807, 2.05) is 18.9 Å². The predicted octanol–water partition coefficient (Wildman–Crippen LogP) is 1.18. The van der Waals surface area contributed by atoms with Gasteiger partial charge in [-0.2, -0.15) is 4.31 Å². The van der Waals surface area contributed by atoms with Crippen LogP contribution in [0.4, 0.5) is 5.95 Å². The molecule has 3 rings (SSSR count). The molecule has 1 aliphatic rings. The van der Waals surface area contributed by atoms with E-state index in [0.717, 1.165) is 12.0 Å². The van der Waals surface area contributed by atoms with E-state index < -0.39 is 15.9 Å². The Morgan fingerprint density at radius 2 is 2.00 bits per heavy atom. The van der Waals surface area contributed by atoms with Crippen LogP contribution in [0.15, 0.2) is 35.5 Å². The lowest BCUT2D eigenvalue weighted by Gasteiger charge is -2.37. The van der Waals surface area contributed by atoms with Crippen molar-refractivity contribution >= 4 is 21.9 Å². The number of carbonyl (C=O) groups excluding carboxylic acids is 1. The number of hydrogen-bond acceptors (Lipinski definition) is 7. The highest BCUT2D eigenvalue weighted by molar-refractivity contribution is 7.89. The Morgan fingerprint density at radius 1 is 1.31 bits per heavy atom. The second-order valence-electron chi connectivity index (χ2n) is 7.06. The van der Waals surface area contributed by atoms with E-state index in [1.54, 1.807) is 12.4 Å². The number of anilines is 1. The molecule has 2 aromatic rings. The van der Waals surface area contributed by atoms with E-state index in [1.165, 1.54) is 29.6 Å². The Kier molecular flexibility index (Phi) is 6.04. The second kappa shape index (κ2) is 8.34. The SMILES string of the molecule is COc1ccc(S(=O)(=O)N2CCCC(N(C)c3ncc(C)cn3)C2)cc1C(N)=O. The minimum atomic E-state index is -3.80. The summed E-state index contributed by atoms with van der Waals surface area (Å²) in [5, 5.41) is 0. The van der Waals surface area contributed by atoms with Gasteiger partial charge in [0.25, 0.3) is 5.91 Å². The van der Waals surface area contributed by atoms with Crippen LogP contribution in [-0.4, -0.2) is 61.9 Å². The van der Waals surface area contributed by atoms with Crippen molar-refractivity contribution in [1.29, 1.82) is 0 Å². The summed E-state index contributed by atoms with van der Waals surface area (Å²) in [5.41, 5.74) is 6.36. The summed E-state index contributed by atoms with van der Waals surface area (Å²) >= 11 is 0. The Labute approximate surface area is 170 Å². The van der Waals surface area contributed by atoms with Crippen LogP contribution in [0.25, 0.3) is 0 Å². The van der Waals surface area contributed by atoms with Gasteiger partial charge in [0.1, 0.15) is 5.75 Å². The molecule has 1 fully saturated rings. The average molecular weight is 420 g/mol. The molecule has 1 aromatic heterocycles. The van der Waals surface area contributed by atoms with Crippen LogP contribution < -0.4 is 15.4 Å². The molecule has 0 spiro atoms. The molecule has 156 valence electrons. The topological polar surface area (TPSA) is 119 Å². The summed E-state index contributed by atoms with van der Waals surface area (Å²) in [6.45, 7) is 2.61. The van der Waals surface area contributed by atoms with Gasteiger partial charge in [0.15, 0.2) is 0 Å². The molecule has 9 nitrogen and oxygen atoms in total. The molecule has 1 amide bonds. The lowest BCUT2D eigenvalue weighted by Crippen LogP contribution is -2.49. The summed E-state index contributed by atoms with van der Waals surface area (Å²) in [5.74, 6) is 0.0520. The van der Waals surface area contributed by atoms with Crippen molar-refractivity contribution in [3.8, 4) is 5.75 Å². The zero-order valence-corrected chi connectivity index (χ0v) is 17.5. The molecular weight excluding hydrogens is 394 g/mol. The van der Waals surface area contributed by atoms with E-state index in [0.29, 0.717) is 25.5 Å². The van der Waals surface area contributed by atoms with Crippen LogP contribution in [0.3, 0.4) is 0 Å². The number of likely N-dealkylation sites (N-methyl/N-ethyl adjacent to an activating group) is 1. The highest BCUT2D eigenvalue weighted by atomic mass is 32.2. The maximum absolute atomic E-state index is 13.2. The molecule has 2 N–H and O–H groups in total. The number of piperidine rings is 1. The minimum Gasteiger partial charge on any atom is -0.496 e. The molecule has 1 aromatic carbocycles. The number of amides is 1. The number of nitrogens with two attached hydrogens (primary N) is 1. The number of aryl methyl sites for hydroxylation is 1. The first-order valence-electron chi connectivity index (χ1n) is 9.23. The van der Waals surface area contributed by atoms with Gasteiger partial charge in [-0.1, -0.05) is 0 Å². The predicted molar refractivity (Wildman–Crippen MR) is 108 cm³/mol. The lowest BCUT2D eigenvalue weighted by atomic mass is 10.1. The van der Waals surface area contributed by atoms with Gasteiger partial charge < -0.3 is 15.4 Å². The van der Waals surface area contributed by atoms with Crippen molar-refractivity contribution in [1.82, 2.24) is 14.3 Å². The van der Waals surface area contributed by atoms with Crippen molar-refractivity contribution < 1.29 is 17.9 Å². The fourth-order valence-corrected chi connectivity index (χ4v) is 4.92. The molecule has 1 unspecified atom stereocenters. The molecule has 0 saturated carbocycles. The zero-order valence-electron chi connectivity index (χ0n) is 16.7. The molecule has 1 aliphatic heterocycles. The number of benzene rings is 1. The van der Waals surface area contributed by atoms with Crippen molar-refractivity contribution in [2.24, 2.45) is 5.73 Å². The monoisotopic (exact) mass is 419 g/mol. The fourth-order valence-electron chi connectivity index (χ4n) is 3.38. The van der Waals surface area contributed by atoms with Crippen LogP contribution in [0.2, 0.25) is 0 Å². The number of ether oxygens (including phenoxy) is 1. The minimum absolute atomic E-state index is 0.0157. The van der Waals surface area contributed by atoms with E-state index >= 15 is 0 Å². The number of rotatable bonds is 6. The van der Waals surface area contributed by atoms with E-state index in [-0.39, 0.29) is 22.3 Å². The summed E-state index contributed by atoms with van der Waals surface area (Å²) < 4.78 is 32.9. The second-order valence-corrected chi connectivity index (χ2v) is 8.99. The smallest absolute Gasteiger partial charge is 0.252 e. The summed E-state index contributed by atoms with van der Waals surface area (Å²) in [7, 11) is -0.534. The van der Waals surface area contributed by atoms with Gasteiger partial charge >= 0.3 is 0 Å². The molecule has 0 bridgehead atoms. The number of primary amides is 1. The van der Waals surface area contributed by atoms with Crippen LogP contribution in [-0.2, 0) is 10.0 Å². The maximum Gasteiger partial charge on any atom is 0.252 e. The van der Waals surface area contributed by atoms with Crippen LogP contribution >= 0.6 is 0 Å². The molecule has 29 heavy (non-hydrogen) atoms. The molecular formula is C19H25N5O4S. The van der Waals surface area contributed by atoms with Gasteiger partial charge in [0.2, 0.25) is 16.0 Å². The summed E-state index contributed by atoms with van der Waals surface area (Å²) in [4.78, 5) is 22.3. The quantitative estimate of drug-likeness (QED) is 0.747. The number of carbonyl (C=O) groups is 1. The Hall–Kier alpha value is -2.72. The molecule has 1 atom stereocenters. The molecule has 10 heteroatoms. The highest BCUT2D eigenvalue weighted by Crippen LogP contribution is 2.27. The largest absolute Gasteiger partial charge is 0.496 e. The third kappa shape index (κ3) is 4.33. The van der Waals surface area contributed by atoms with Crippen molar-refractivity contribution in [3.05, 3.63) is 41.7 Å². The van der Waals surface area contributed by atoms with Crippen molar-refractivity contribution in [2.75, 3.05) is 32.1 Å². The van der Waals surface area contributed by atoms with Gasteiger partial charge in [-0.05, 0) is 43.5 Å². The Balaban J connectivity index is 1.85. The summed E-state index contributed by atoms with van der Waals surface area (Å²) in [6, 6.07) is 4.08. The van der Waals surface area contributed by atoms with Crippen LogP contribution in [0.1, 0.15) is 28.8 Å². The number of hydrogen-bond donors (Lipinski definition) is 1. The average Bonchev–Trinajstić information content (AvgIpc) is 2.73. The first kappa shape index (κ1) is 21.0. The Morgan fingerprint density at radius 3 is 2.62 bits per heavy atom. The van der Waals surface area contributed by atoms with Crippen LogP contribution in [0, 0.1) is 6.92 Å². The van der Waals surface area contributed by atoms with Gasteiger partial charge in [-0.25, -0.2) is 18.4 Å². The van der Waals surface area contributed by atoms with E-state index in [4.69, 9.17) is 10.5 Å². The Bertz CT molecular complexity index is 994.